The molecule has 0 aromatic heterocycles. The topological polar surface area (TPSA) is 26.0 Å². The molecule has 1 fully saturated rings. The average molecular weight is 279 g/mol. The van der Waals surface area contributed by atoms with Crippen molar-refractivity contribution < 1.29 is 0 Å². The molecule has 2 N–H and O–H groups in total. The molecule has 0 amide bonds. The van der Waals surface area contributed by atoms with Gasteiger partial charge in [0.1, 0.15) is 0 Å². The zero-order valence-electron chi connectivity index (χ0n) is 13.1. The summed E-state index contributed by atoms with van der Waals surface area (Å²) in [6.45, 7) is 5.30. The minimum absolute atomic E-state index is 0.235. The van der Waals surface area contributed by atoms with E-state index in [2.05, 4.69) is 62.4 Å². The fourth-order valence-corrected chi connectivity index (χ4v) is 3.47. The second kappa shape index (κ2) is 5.65. The Bertz CT molecular complexity index is 603. The number of hydrogen-bond acceptors (Lipinski definition) is 1. The molecule has 0 aliphatic heterocycles. The van der Waals surface area contributed by atoms with Gasteiger partial charge in [-0.1, -0.05) is 68.8 Å². The minimum atomic E-state index is 0.235. The first-order chi connectivity index (χ1) is 10.2. The van der Waals surface area contributed by atoms with Gasteiger partial charge < -0.3 is 5.73 Å². The lowest BCUT2D eigenvalue weighted by Crippen LogP contribution is -2.41. The van der Waals surface area contributed by atoms with E-state index in [0.29, 0.717) is 5.92 Å². The molecule has 1 aliphatic carbocycles. The SMILES string of the molecule is CC(C)c1ccc(C2(CN)CCC2)cc1-c1ccccc1. The van der Waals surface area contributed by atoms with Crippen LogP contribution in [-0.4, -0.2) is 6.54 Å². The van der Waals surface area contributed by atoms with Crippen molar-refractivity contribution in [2.24, 2.45) is 5.73 Å². The van der Waals surface area contributed by atoms with Crippen molar-refractivity contribution in [1.29, 1.82) is 0 Å². The lowest BCUT2D eigenvalue weighted by molar-refractivity contribution is 0.253. The smallest absolute Gasteiger partial charge is 0.00758 e. The van der Waals surface area contributed by atoms with E-state index < -0.39 is 0 Å². The van der Waals surface area contributed by atoms with E-state index in [-0.39, 0.29) is 5.41 Å². The monoisotopic (exact) mass is 279 g/mol. The Labute approximate surface area is 128 Å². The molecule has 1 heteroatoms. The van der Waals surface area contributed by atoms with Gasteiger partial charge in [-0.25, -0.2) is 0 Å². The van der Waals surface area contributed by atoms with Crippen LogP contribution in [0.4, 0.5) is 0 Å². The van der Waals surface area contributed by atoms with Gasteiger partial charge in [-0.05, 0) is 41.0 Å². The van der Waals surface area contributed by atoms with Gasteiger partial charge in [0, 0.05) is 12.0 Å². The van der Waals surface area contributed by atoms with Gasteiger partial charge in [0.15, 0.2) is 0 Å². The van der Waals surface area contributed by atoms with Gasteiger partial charge in [0.25, 0.3) is 0 Å². The second-order valence-corrected chi connectivity index (χ2v) is 6.66. The van der Waals surface area contributed by atoms with Gasteiger partial charge in [0.05, 0.1) is 0 Å². The van der Waals surface area contributed by atoms with Crippen LogP contribution in [0.1, 0.15) is 50.2 Å². The fraction of sp³-hybridized carbons (Fsp3) is 0.400. The fourth-order valence-electron chi connectivity index (χ4n) is 3.47. The van der Waals surface area contributed by atoms with Crippen LogP contribution >= 0.6 is 0 Å². The zero-order chi connectivity index (χ0) is 14.9. The highest BCUT2D eigenvalue weighted by Crippen LogP contribution is 2.44. The van der Waals surface area contributed by atoms with Crippen molar-refractivity contribution in [3.63, 3.8) is 0 Å². The molecule has 0 radical (unpaired) electrons. The Balaban J connectivity index is 2.11. The van der Waals surface area contributed by atoms with Gasteiger partial charge >= 0.3 is 0 Å². The quantitative estimate of drug-likeness (QED) is 0.850. The highest BCUT2D eigenvalue weighted by molar-refractivity contribution is 5.69. The van der Waals surface area contributed by atoms with E-state index >= 15 is 0 Å². The normalized spacial score (nSPS) is 16.8. The highest BCUT2D eigenvalue weighted by Gasteiger charge is 2.37. The Hall–Kier alpha value is -1.60. The maximum atomic E-state index is 6.09. The maximum absolute atomic E-state index is 6.09. The lowest BCUT2D eigenvalue weighted by Gasteiger charge is -2.42. The predicted molar refractivity (Wildman–Crippen MR) is 90.6 cm³/mol. The summed E-state index contributed by atoms with van der Waals surface area (Å²) in [7, 11) is 0. The molecule has 0 unspecified atom stereocenters. The molecule has 0 atom stereocenters. The van der Waals surface area contributed by atoms with Crippen molar-refractivity contribution in [2.75, 3.05) is 6.54 Å². The third kappa shape index (κ3) is 2.51. The van der Waals surface area contributed by atoms with Crippen molar-refractivity contribution in [1.82, 2.24) is 0 Å². The van der Waals surface area contributed by atoms with Crippen LogP contribution < -0.4 is 5.73 Å². The molecule has 0 bridgehead atoms. The van der Waals surface area contributed by atoms with Crippen LogP contribution in [0.3, 0.4) is 0 Å². The third-order valence-electron chi connectivity index (χ3n) is 5.07. The summed E-state index contributed by atoms with van der Waals surface area (Å²) in [4.78, 5) is 0. The number of nitrogens with two attached hydrogens (primary N) is 1. The first kappa shape index (κ1) is 14.3. The largest absolute Gasteiger partial charge is 0.330 e. The summed E-state index contributed by atoms with van der Waals surface area (Å²) < 4.78 is 0. The van der Waals surface area contributed by atoms with E-state index in [1.807, 2.05) is 0 Å². The molecule has 21 heavy (non-hydrogen) atoms. The van der Waals surface area contributed by atoms with Crippen molar-refractivity contribution in [2.45, 2.75) is 44.4 Å². The maximum Gasteiger partial charge on any atom is 0.00758 e. The van der Waals surface area contributed by atoms with Crippen LogP contribution in [0.25, 0.3) is 11.1 Å². The summed E-state index contributed by atoms with van der Waals surface area (Å²) >= 11 is 0. The van der Waals surface area contributed by atoms with Crippen LogP contribution in [0, 0.1) is 0 Å². The lowest BCUT2D eigenvalue weighted by atomic mass is 9.64. The van der Waals surface area contributed by atoms with Gasteiger partial charge in [-0.3, -0.25) is 0 Å². The highest BCUT2D eigenvalue weighted by atomic mass is 14.6. The average Bonchev–Trinajstić information content (AvgIpc) is 2.47. The molecule has 1 nitrogen and oxygen atoms in total. The molecular weight excluding hydrogens is 254 g/mol. The van der Waals surface area contributed by atoms with E-state index in [4.69, 9.17) is 5.73 Å². The van der Waals surface area contributed by atoms with E-state index in [1.165, 1.54) is 41.5 Å². The molecule has 1 saturated carbocycles. The predicted octanol–water partition coefficient (Wildman–Crippen LogP) is 4.86. The molecule has 0 heterocycles. The van der Waals surface area contributed by atoms with Crippen molar-refractivity contribution >= 4 is 0 Å². The van der Waals surface area contributed by atoms with E-state index in [1.54, 1.807) is 0 Å². The van der Waals surface area contributed by atoms with Crippen molar-refractivity contribution in [3.8, 4) is 11.1 Å². The van der Waals surface area contributed by atoms with Crippen LogP contribution in [0.5, 0.6) is 0 Å². The summed E-state index contributed by atoms with van der Waals surface area (Å²) in [6, 6.07) is 17.8. The van der Waals surface area contributed by atoms with E-state index in [0.717, 1.165) is 6.54 Å². The third-order valence-corrected chi connectivity index (χ3v) is 5.07. The van der Waals surface area contributed by atoms with Gasteiger partial charge in [-0.2, -0.15) is 0 Å². The number of rotatable bonds is 4. The zero-order valence-corrected chi connectivity index (χ0v) is 13.1. The summed E-state index contributed by atoms with van der Waals surface area (Å²) in [6.07, 6.45) is 3.78. The number of benzene rings is 2. The van der Waals surface area contributed by atoms with Crippen molar-refractivity contribution in [3.05, 3.63) is 59.7 Å². The molecular formula is C20H25N. The molecule has 0 spiro atoms. The molecule has 2 aromatic carbocycles. The van der Waals surface area contributed by atoms with Crippen LogP contribution in [0.15, 0.2) is 48.5 Å². The first-order valence-corrected chi connectivity index (χ1v) is 8.06. The van der Waals surface area contributed by atoms with Crippen LogP contribution in [0.2, 0.25) is 0 Å². The Morgan fingerprint density at radius 3 is 2.29 bits per heavy atom. The van der Waals surface area contributed by atoms with Gasteiger partial charge in [-0.15, -0.1) is 0 Å². The number of hydrogen-bond donors (Lipinski definition) is 1. The standard InChI is InChI=1S/C20H25N/c1-15(2)18-10-9-17(20(14-21)11-6-12-20)13-19(18)16-7-4-3-5-8-16/h3-5,7-10,13,15H,6,11-12,14,21H2,1-2H3. The molecule has 3 rings (SSSR count). The summed E-state index contributed by atoms with van der Waals surface area (Å²) in [5.74, 6) is 0.532. The molecule has 1 aliphatic rings. The molecule has 2 aromatic rings. The Kier molecular flexibility index (Phi) is 3.86. The van der Waals surface area contributed by atoms with Crippen LogP contribution in [-0.2, 0) is 5.41 Å². The Morgan fingerprint density at radius 2 is 1.76 bits per heavy atom. The molecule has 110 valence electrons. The second-order valence-electron chi connectivity index (χ2n) is 6.66. The van der Waals surface area contributed by atoms with Gasteiger partial charge in [0.2, 0.25) is 0 Å². The van der Waals surface area contributed by atoms with E-state index in [9.17, 15) is 0 Å². The Morgan fingerprint density at radius 1 is 1.05 bits per heavy atom. The summed E-state index contributed by atoms with van der Waals surface area (Å²) in [5.41, 5.74) is 11.9. The summed E-state index contributed by atoms with van der Waals surface area (Å²) in [5, 5.41) is 0. The first-order valence-electron chi connectivity index (χ1n) is 8.06. The molecule has 0 saturated heterocycles. The minimum Gasteiger partial charge on any atom is -0.330 e.